The van der Waals surface area contributed by atoms with E-state index >= 15 is 0 Å². The Hall–Kier alpha value is -1.85. The van der Waals surface area contributed by atoms with Crippen molar-refractivity contribution in [2.45, 2.75) is 37.6 Å². The Morgan fingerprint density at radius 3 is 2.30 bits per heavy atom. The van der Waals surface area contributed by atoms with E-state index in [-0.39, 0.29) is 10.9 Å². The number of ether oxygens (including phenoxy) is 1. The Labute approximate surface area is 138 Å². The second-order valence-corrected chi connectivity index (χ2v) is 7.17. The van der Waals surface area contributed by atoms with Crippen molar-refractivity contribution in [3.8, 4) is 5.75 Å². The fourth-order valence-corrected chi connectivity index (χ4v) is 3.58. The lowest BCUT2D eigenvalue weighted by molar-refractivity contribution is 0.340. The van der Waals surface area contributed by atoms with Gasteiger partial charge in [-0.25, -0.2) is 13.1 Å². The minimum absolute atomic E-state index is 0.133. The van der Waals surface area contributed by atoms with Gasteiger partial charge in [0, 0.05) is 6.04 Å². The topological polar surface area (TPSA) is 55.4 Å². The van der Waals surface area contributed by atoms with Crippen LogP contribution in [0.5, 0.6) is 5.75 Å². The van der Waals surface area contributed by atoms with Gasteiger partial charge in [-0.2, -0.15) is 0 Å². The van der Waals surface area contributed by atoms with E-state index in [0.29, 0.717) is 12.4 Å². The van der Waals surface area contributed by atoms with E-state index in [4.69, 9.17) is 4.74 Å². The molecule has 1 N–H and O–H groups in total. The van der Waals surface area contributed by atoms with Gasteiger partial charge in [-0.3, -0.25) is 0 Å². The highest BCUT2D eigenvalue weighted by Crippen LogP contribution is 2.16. The maximum atomic E-state index is 12.4. The van der Waals surface area contributed by atoms with E-state index in [1.807, 2.05) is 44.2 Å². The zero-order valence-electron chi connectivity index (χ0n) is 13.5. The molecule has 2 rings (SSSR count). The molecule has 0 aliphatic carbocycles. The van der Waals surface area contributed by atoms with Crippen molar-refractivity contribution in [1.82, 2.24) is 4.72 Å². The van der Waals surface area contributed by atoms with Crippen LogP contribution < -0.4 is 9.46 Å². The maximum Gasteiger partial charge on any atom is 0.240 e. The number of rotatable bonds is 8. The summed E-state index contributed by atoms with van der Waals surface area (Å²) in [6.07, 6.45) is 1.59. The van der Waals surface area contributed by atoms with Crippen LogP contribution in [0.15, 0.2) is 59.5 Å². The third-order valence-electron chi connectivity index (χ3n) is 3.51. The minimum atomic E-state index is -3.50. The first-order valence-electron chi connectivity index (χ1n) is 7.80. The molecule has 5 heteroatoms. The monoisotopic (exact) mass is 333 g/mol. The Morgan fingerprint density at radius 2 is 1.70 bits per heavy atom. The highest BCUT2D eigenvalue weighted by molar-refractivity contribution is 7.89. The summed E-state index contributed by atoms with van der Waals surface area (Å²) in [6.45, 7) is 4.33. The lowest BCUT2D eigenvalue weighted by Gasteiger charge is -2.14. The van der Waals surface area contributed by atoms with Gasteiger partial charge in [0.2, 0.25) is 10.0 Å². The molecule has 0 heterocycles. The molecule has 2 aromatic carbocycles. The molecule has 0 spiro atoms. The number of hydrogen-bond acceptors (Lipinski definition) is 3. The van der Waals surface area contributed by atoms with Gasteiger partial charge < -0.3 is 4.74 Å². The third kappa shape index (κ3) is 5.37. The molecule has 4 nitrogen and oxygen atoms in total. The standard InChI is InChI=1S/C18H23NO3S/c1-3-22-17-11-13-18(14-12-17)23(20,21)19-15(2)9-10-16-7-5-4-6-8-16/h4-8,11-15,19H,3,9-10H2,1-2H3. The normalized spacial score (nSPS) is 12.8. The van der Waals surface area contributed by atoms with Crippen LogP contribution in [0.2, 0.25) is 0 Å². The van der Waals surface area contributed by atoms with Gasteiger partial charge in [-0.05, 0) is 56.5 Å². The Morgan fingerprint density at radius 1 is 1.04 bits per heavy atom. The Balaban J connectivity index is 1.94. The van der Waals surface area contributed by atoms with Gasteiger partial charge in [0.15, 0.2) is 0 Å². The van der Waals surface area contributed by atoms with Crippen molar-refractivity contribution in [1.29, 1.82) is 0 Å². The zero-order chi connectivity index (χ0) is 16.7. The molecular weight excluding hydrogens is 310 g/mol. The molecule has 0 aliphatic rings. The average Bonchev–Trinajstić information content (AvgIpc) is 2.54. The molecule has 0 aromatic heterocycles. The largest absolute Gasteiger partial charge is 0.494 e. The molecule has 0 bridgehead atoms. The van der Waals surface area contributed by atoms with Crippen molar-refractivity contribution in [2.75, 3.05) is 6.61 Å². The molecule has 0 fully saturated rings. The van der Waals surface area contributed by atoms with Gasteiger partial charge in [-0.1, -0.05) is 30.3 Å². The van der Waals surface area contributed by atoms with Crippen LogP contribution in [-0.2, 0) is 16.4 Å². The summed E-state index contributed by atoms with van der Waals surface area (Å²) in [4.78, 5) is 0.257. The second-order valence-electron chi connectivity index (χ2n) is 5.45. The Kier molecular flexibility index (Phi) is 6.19. The van der Waals surface area contributed by atoms with Gasteiger partial charge in [0.1, 0.15) is 5.75 Å². The molecule has 1 atom stereocenters. The van der Waals surface area contributed by atoms with E-state index < -0.39 is 10.0 Å². The van der Waals surface area contributed by atoms with Crippen LogP contribution in [0, 0.1) is 0 Å². The first-order valence-corrected chi connectivity index (χ1v) is 9.28. The van der Waals surface area contributed by atoms with Gasteiger partial charge in [-0.15, -0.1) is 0 Å². The number of nitrogens with one attached hydrogen (secondary N) is 1. The fraction of sp³-hybridized carbons (Fsp3) is 0.333. The minimum Gasteiger partial charge on any atom is -0.494 e. The second kappa shape index (κ2) is 8.13. The summed E-state index contributed by atoms with van der Waals surface area (Å²) in [5.74, 6) is 0.670. The summed E-state index contributed by atoms with van der Waals surface area (Å²) in [6, 6.07) is 16.4. The van der Waals surface area contributed by atoms with Crippen LogP contribution in [0.1, 0.15) is 25.8 Å². The molecule has 0 amide bonds. The quantitative estimate of drug-likeness (QED) is 0.806. The van der Waals surface area contributed by atoms with Crippen LogP contribution in [-0.4, -0.2) is 21.1 Å². The number of aryl methyl sites for hydroxylation is 1. The number of sulfonamides is 1. The first kappa shape index (κ1) is 17.5. The van der Waals surface area contributed by atoms with E-state index in [1.54, 1.807) is 24.3 Å². The summed E-state index contributed by atoms with van der Waals surface area (Å²) in [7, 11) is -3.50. The van der Waals surface area contributed by atoms with Crippen LogP contribution >= 0.6 is 0 Å². The third-order valence-corrected chi connectivity index (χ3v) is 5.12. The highest BCUT2D eigenvalue weighted by Gasteiger charge is 2.17. The number of benzene rings is 2. The van der Waals surface area contributed by atoms with Crippen molar-refractivity contribution < 1.29 is 13.2 Å². The average molecular weight is 333 g/mol. The van der Waals surface area contributed by atoms with Crippen molar-refractivity contribution >= 4 is 10.0 Å². The summed E-state index contributed by atoms with van der Waals surface area (Å²) in [5, 5.41) is 0. The molecule has 0 radical (unpaired) electrons. The van der Waals surface area contributed by atoms with Crippen molar-refractivity contribution in [2.24, 2.45) is 0 Å². The van der Waals surface area contributed by atoms with Crippen LogP contribution in [0.3, 0.4) is 0 Å². The molecule has 124 valence electrons. The lowest BCUT2D eigenvalue weighted by Crippen LogP contribution is -2.32. The number of hydrogen-bond donors (Lipinski definition) is 1. The zero-order valence-corrected chi connectivity index (χ0v) is 14.3. The summed E-state index contributed by atoms with van der Waals surface area (Å²) in [5.41, 5.74) is 1.21. The van der Waals surface area contributed by atoms with Gasteiger partial charge in [0.25, 0.3) is 0 Å². The maximum absolute atomic E-state index is 12.4. The highest BCUT2D eigenvalue weighted by atomic mass is 32.2. The van der Waals surface area contributed by atoms with E-state index in [2.05, 4.69) is 4.72 Å². The molecule has 1 unspecified atom stereocenters. The molecule has 2 aromatic rings. The summed E-state index contributed by atoms with van der Waals surface area (Å²) >= 11 is 0. The van der Waals surface area contributed by atoms with Gasteiger partial charge >= 0.3 is 0 Å². The predicted molar refractivity (Wildman–Crippen MR) is 92.2 cm³/mol. The smallest absolute Gasteiger partial charge is 0.240 e. The van der Waals surface area contributed by atoms with Crippen LogP contribution in [0.25, 0.3) is 0 Å². The van der Waals surface area contributed by atoms with E-state index in [9.17, 15) is 8.42 Å². The van der Waals surface area contributed by atoms with Gasteiger partial charge in [0.05, 0.1) is 11.5 Å². The summed E-state index contributed by atoms with van der Waals surface area (Å²) < 4.78 is 32.8. The van der Waals surface area contributed by atoms with Crippen molar-refractivity contribution in [3.63, 3.8) is 0 Å². The first-order chi connectivity index (χ1) is 11.0. The van der Waals surface area contributed by atoms with Crippen LogP contribution in [0.4, 0.5) is 0 Å². The fourth-order valence-electron chi connectivity index (χ4n) is 2.30. The van der Waals surface area contributed by atoms with E-state index in [0.717, 1.165) is 12.8 Å². The SMILES string of the molecule is CCOc1ccc(S(=O)(=O)NC(C)CCc2ccccc2)cc1. The lowest BCUT2D eigenvalue weighted by atomic mass is 10.1. The Bertz CT molecular complexity index is 697. The molecular formula is C18H23NO3S. The van der Waals surface area contributed by atoms with E-state index in [1.165, 1.54) is 5.56 Å². The molecule has 23 heavy (non-hydrogen) atoms. The molecule has 0 aliphatic heterocycles. The predicted octanol–water partition coefficient (Wildman–Crippen LogP) is 3.38. The molecule has 0 saturated carbocycles. The van der Waals surface area contributed by atoms with Crippen molar-refractivity contribution in [3.05, 3.63) is 60.2 Å². The molecule has 0 saturated heterocycles.